The molecular formula is C23H27N3O2S. The Morgan fingerprint density at radius 2 is 1.79 bits per heavy atom. The molecule has 1 aliphatic rings. The van der Waals surface area contributed by atoms with Gasteiger partial charge in [0.05, 0.1) is 10.2 Å². The molecule has 6 heteroatoms. The molecule has 0 spiro atoms. The minimum absolute atomic E-state index is 0.0303. The van der Waals surface area contributed by atoms with Crippen LogP contribution in [0.2, 0.25) is 0 Å². The lowest BCUT2D eigenvalue weighted by Crippen LogP contribution is -2.29. The number of nitrogens with zero attached hydrogens (tertiary/aromatic N) is 2. The van der Waals surface area contributed by atoms with Crippen LogP contribution in [0.1, 0.15) is 55.1 Å². The van der Waals surface area contributed by atoms with Crippen LogP contribution < -0.4 is 10.2 Å². The highest BCUT2D eigenvalue weighted by Crippen LogP contribution is 2.24. The smallest absolute Gasteiger partial charge is 0.308 e. The van der Waals surface area contributed by atoms with Crippen LogP contribution in [0.3, 0.4) is 0 Å². The number of aromatic nitrogens is 1. The summed E-state index contributed by atoms with van der Waals surface area (Å²) in [5.74, 6) is -0.135. The minimum atomic E-state index is -0.135. The average molecular weight is 410 g/mol. The van der Waals surface area contributed by atoms with Crippen LogP contribution in [-0.4, -0.2) is 28.5 Å². The quantitative estimate of drug-likeness (QED) is 0.653. The molecule has 0 bridgehead atoms. The summed E-state index contributed by atoms with van der Waals surface area (Å²) in [6.07, 6.45) is 3.89. The molecule has 1 saturated heterocycles. The predicted octanol–water partition coefficient (Wildman–Crippen LogP) is 4.88. The summed E-state index contributed by atoms with van der Waals surface area (Å²) in [6, 6.07) is 13.6. The maximum Gasteiger partial charge on any atom is 0.308 e. The van der Waals surface area contributed by atoms with E-state index in [0.29, 0.717) is 11.3 Å². The van der Waals surface area contributed by atoms with Crippen LogP contribution >= 0.6 is 11.3 Å². The van der Waals surface area contributed by atoms with Crippen molar-refractivity contribution in [2.24, 2.45) is 0 Å². The number of hydrogen-bond donors (Lipinski definition) is 1. The molecule has 2 aromatic carbocycles. The van der Waals surface area contributed by atoms with E-state index in [2.05, 4.69) is 10.2 Å². The molecule has 0 aliphatic carbocycles. The SMILES string of the molecule is CC(C)n1c(=O)sc2cc(NC(=O)c3ccc(CN4CCCCC4)cc3)ccc21. The second kappa shape index (κ2) is 8.51. The lowest BCUT2D eigenvalue weighted by Gasteiger charge is -2.26. The number of thiazole rings is 1. The van der Waals surface area contributed by atoms with Gasteiger partial charge in [0.15, 0.2) is 0 Å². The van der Waals surface area contributed by atoms with Gasteiger partial charge in [-0.15, -0.1) is 0 Å². The number of fused-ring (bicyclic) bond motifs is 1. The van der Waals surface area contributed by atoms with Crippen LogP contribution in [-0.2, 0) is 6.54 Å². The Morgan fingerprint density at radius 1 is 1.07 bits per heavy atom. The van der Waals surface area contributed by atoms with Gasteiger partial charge in [-0.1, -0.05) is 29.9 Å². The molecule has 0 radical (unpaired) electrons. The number of anilines is 1. The van der Waals surface area contributed by atoms with Crippen molar-refractivity contribution in [1.82, 2.24) is 9.47 Å². The number of amides is 1. The van der Waals surface area contributed by atoms with Gasteiger partial charge in [0.2, 0.25) is 0 Å². The molecule has 0 unspecified atom stereocenters. The first-order valence-electron chi connectivity index (χ1n) is 10.3. The first-order chi connectivity index (χ1) is 14.0. The number of likely N-dealkylation sites (tertiary alicyclic amines) is 1. The maximum atomic E-state index is 12.6. The van der Waals surface area contributed by atoms with Crippen molar-refractivity contribution in [2.75, 3.05) is 18.4 Å². The molecule has 5 nitrogen and oxygen atoms in total. The van der Waals surface area contributed by atoms with Crippen molar-refractivity contribution in [1.29, 1.82) is 0 Å². The van der Waals surface area contributed by atoms with E-state index >= 15 is 0 Å². The third-order valence-corrected chi connectivity index (χ3v) is 6.38. The van der Waals surface area contributed by atoms with Gasteiger partial charge < -0.3 is 5.32 Å². The van der Waals surface area contributed by atoms with Gasteiger partial charge in [-0.05, 0) is 75.7 Å². The van der Waals surface area contributed by atoms with E-state index in [1.165, 1.54) is 36.2 Å². The Bertz CT molecular complexity index is 1060. The molecular weight excluding hydrogens is 382 g/mol. The summed E-state index contributed by atoms with van der Waals surface area (Å²) in [6.45, 7) is 7.27. The number of piperidine rings is 1. The van der Waals surface area contributed by atoms with Gasteiger partial charge >= 0.3 is 4.87 Å². The van der Waals surface area contributed by atoms with Crippen molar-refractivity contribution in [3.05, 3.63) is 63.3 Å². The fourth-order valence-corrected chi connectivity index (χ4v) is 5.00. The van der Waals surface area contributed by atoms with Crippen molar-refractivity contribution < 1.29 is 4.79 Å². The monoisotopic (exact) mass is 409 g/mol. The molecule has 1 fully saturated rings. The van der Waals surface area contributed by atoms with Gasteiger partial charge in [0.1, 0.15) is 0 Å². The molecule has 1 aromatic heterocycles. The average Bonchev–Trinajstić information content (AvgIpc) is 3.04. The van der Waals surface area contributed by atoms with Crippen LogP contribution in [0.5, 0.6) is 0 Å². The summed E-state index contributed by atoms with van der Waals surface area (Å²) in [7, 11) is 0. The largest absolute Gasteiger partial charge is 0.322 e. The Labute approximate surface area is 175 Å². The normalized spacial score (nSPS) is 15.1. The number of nitrogens with one attached hydrogen (secondary N) is 1. The van der Waals surface area contributed by atoms with Crippen LogP contribution in [0.4, 0.5) is 5.69 Å². The predicted molar refractivity (Wildman–Crippen MR) is 120 cm³/mol. The first-order valence-corrected chi connectivity index (χ1v) is 11.1. The standard InChI is InChI=1S/C23H27N3O2S/c1-16(2)26-20-11-10-19(14-21(20)29-23(26)28)24-22(27)18-8-6-17(7-9-18)15-25-12-4-3-5-13-25/h6-11,14,16H,3-5,12-13,15H2,1-2H3,(H,24,27). The summed E-state index contributed by atoms with van der Waals surface area (Å²) in [5, 5.41) is 2.96. The summed E-state index contributed by atoms with van der Waals surface area (Å²) < 4.78 is 2.67. The van der Waals surface area contributed by atoms with E-state index in [1.54, 1.807) is 4.57 Å². The fraction of sp³-hybridized carbons (Fsp3) is 0.391. The van der Waals surface area contributed by atoms with Gasteiger partial charge in [0.25, 0.3) is 5.91 Å². The van der Waals surface area contributed by atoms with Crippen LogP contribution in [0.25, 0.3) is 10.2 Å². The van der Waals surface area contributed by atoms with Crippen molar-refractivity contribution >= 4 is 33.1 Å². The molecule has 1 aliphatic heterocycles. The fourth-order valence-electron chi connectivity index (χ4n) is 3.94. The van der Waals surface area contributed by atoms with E-state index in [1.807, 2.05) is 56.3 Å². The summed E-state index contributed by atoms with van der Waals surface area (Å²) in [5.41, 5.74) is 3.50. The zero-order chi connectivity index (χ0) is 20.4. The number of carbonyl (C=O) groups excluding carboxylic acids is 1. The summed E-state index contributed by atoms with van der Waals surface area (Å²) in [4.78, 5) is 27.4. The van der Waals surface area contributed by atoms with Crippen molar-refractivity contribution in [3.8, 4) is 0 Å². The molecule has 1 amide bonds. The number of benzene rings is 2. The lowest BCUT2D eigenvalue weighted by atomic mass is 10.1. The highest BCUT2D eigenvalue weighted by atomic mass is 32.1. The second-order valence-corrected chi connectivity index (χ2v) is 9.00. The van der Waals surface area contributed by atoms with E-state index in [0.717, 1.165) is 29.9 Å². The first kappa shape index (κ1) is 19.9. The van der Waals surface area contributed by atoms with E-state index < -0.39 is 0 Å². The van der Waals surface area contributed by atoms with Gasteiger partial charge in [-0.2, -0.15) is 0 Å². The number of hydrogen-bond acceptors (Lipinski definition) is 4. The van der Waals surface area contributed by atoms with Crippen molar-refractivity contribution in [3.63, 3.8) is 0 Å². The van der Waals surface area contributed by atoms with Gasteiger partial charge in [-0.3, -0.25) is 19.1 Å². The second-order valence-electron chi connectivity index (χ2n) is 8.00. The Kier molecular flexibility index (Phi) is 5.83. The van der Waals surface area contributed by atoms with Crippen LogP contribution in [0.15, 0.2) is 47.3 Å². The number of rotatable bonds is 5. The molecule has 29 heavy (non-hydrogen) atoms. The Hall–Kier alpha value is -2.44. The number of carbonyl (C=O) groups is 1. The topological polar surface area (TPSA) is 54.3 Å². The molecule has 152 valence electrons. The third-order valence-electron chi connectivity index (χ3n) is 5.46. The van der Waals surface area contributed by atoms with E-state index in [4.69, 9.17) is 0 Å². The molecule has 0 atom stereocenters. The zero-order valence-corrected chi connectivity index (χ0v) is 17.8. The molecule has 4 rings (SSSR count). The van der Waals surface area contributed by atoms with Crippen LogP contribution in [0, 0.1) is 0 Å². The third kappa shape index (κ3) is 4.43. The van der Waals surface area contributed by atoms with Gasteiger partial charge in [0, 0.05) is 23.8 Å². The minimum Gasteiger partial charge on any atom is -0.322 e. The zero-order valence-electron chi connectivity index (χ0n) is 17.0. The van der Waals surface area contributed by atoms with Crippen molar-refractivity contribution in [2.45, 2.75) is 45.7 Å². The molecule has 3 aromatic rings. The Balaban J connectivity index is 1.45. The van der Waals surface area contributed by atoms with E-state index in [-0.39, 0.29) is 16.8 Å². The summed E-state index contributed by atoms with van der Waals surface area (Å²) >= 11 is 1.21. The van der Waals surface area contributed by atoms with E-state index in [9.17, 15) is 9.59 Å². The lowest BCUT2D eigenvalue weighted by molar-refractivity contribution is 0.102. The highest BCUT2D eigenvalue weighted by Gasteiger charge is 2.13. The highest BCUT2D eigenvalue weighted by molar-refractivity contribution is 7.16. The molecule has 2 heterocycles. The van der Waals surface area contributed by atoms with Gasteiger partial charge in [-0.25, -0.2) is 0 Å². The molecule has 1 N–H and O–H groups in total. The maximum absolute atomic E-state index is 12.6. The Morgan fingerprint density at radius 3 is 2.48 bits per heavy atom. The molecule has 0 saturated carbocycles.